The van der Waals surface area contributed by atoms with Crippen molar-refractivity contribution < 1.29 is 0 Å². The normalized spacial score (nSPS) is 25.8. The highest BCUT2D eigenvalue weighted by molar-refractivity contribution is 5.55. The van der Waals surface area contributed by atoms with Gasteiger partial charge in [0.2, 0.25) is 0 Å². The fraction of sp³-hybridized carbons (Fsp3) is 0.667. The van der Waals surface area contributed by atoms with Crippen molar-refractivity contribution in [1.29, 1.82) is 0 Å². The molecule has 2 heterocycles. The maximum absolute atomic E-state index is 5.81. The van der Waals surface area contributed by atoms with Crippen LogP contribution in [0.25, 0.3) is 0 Å². The molecule has 0 radical (unpaired) electrons. The number of hydrogen-bond acceptors (Lipinski definition) is 4. The van der Waals surface area contributed by atoms with E-state index in [1.54, 1.807) is 6.33 Å². The van der Waals surface area contributed by atoms with Crippen molar-refractivity contribution in [2.24, 2.45) is 11.8 Å². The first kappa shape index (κ1) is 11.2. The lowest BCUT2D eigenvalue weighted by atomic mass is 9.88. The van der Waals surface area contributed by atoms with E-state index in [0.717, 1.165) is 30.4 Å². The summed E-state index contributed by atoms with van der Waals surface area (Å²) in [6.45, 7) is 8.76. The Balaban J connectivity index is 2.22. The fourth-order valence-electron chi connectivity index (χ4n) is 2.23. The average molecular weight is 220 g/mol. The first-order chi connectivity index (χ1) is 7.59. The number of nitrogen functional groups attached to an aromatic ring is 1. The van der Waals surface area contributed by atoms with Crippen LogP contribution >= 0.6 is 0 Å². The molecule has 0 aliphatic carbocycles. The standard InChI is InChI=1S/C12H20N4/c1-8-4-5-16(6-9(8)2)12-10(3)11(13)14-7-15-12/h7-9H,4-6H2,1-3H3,(H2,13,14,15). The highest BCUT2D eigenvalue weighted by atomic mass is 15.2. The van der Waals surface area contributed by atoms with Gasteiger partial charge in [0.15, 0.2) is 0 Å². The Morgan fingerprint density at radius 1 is 1.31 bits per heavy atom. The number of nitrogens with two attached hydrogens (primary N) is 1. The van der Waals surface area contributed by atoms with Gasteiger partial charge in [-0.3, -0.25) is 0 Å². The van der Waals surface area contributed by atoms with Crippen LogP contribution in [0.1, 0.15) is 25.8 Å². The summed E-state index contributed by atoms with van der Waals surface area (Å²) in [6, 6.07) is 0. The second-order valence-corrected chi connectivity index (χ2v) is 4.90. The van der Waals surface area contributed by atoms with Crippen molar-refractivity contribution in [3.63, 3.8) is 0 Å². The Morgan fingerprint density at radius 3 is 2.75 bits per heavy atom. The van der Waals surface area contributed by atoms with E-state index in [1.807, 2.05) is 6.92 Å². The lowest BCUT2D eigenvalue weighted by Gasteiger charge is -2.36. The largest absolute Gasteiger partial charge is 0.383 e. The number of aromatic nitrogens is 2. The molecule has 2 rings (SSSR count). The van der Waals surface area contributed by atoms with Crippen LogP contribution in [-0.2, 0) is 0 Å². The predicted octanol–water partition coefficient (Wildman–Crippen LogP) is 1.85. The quantitative estimate of drug-likeness (QED) is 0.784. The predicted molar refractivity (Wildman–Crippen MR) is 66.3 cm³/mol. The van der Waals surface area contributed by atoms with E-state index in [2.05, 4.69) is 28.7 Å². The Kier molecular flexibility index (Phi) is 2.99. The molecule has 2 atom stereocenters. The van der Waals surface area contributed by atoms with Gasteiger partial charge in [0.1, 0.15) is 18.0 Å². The van der Waals surface area contributed by atoms with Crippen LogP contribution in [0.3, 0.4) is 0 Å². The second-order valence-electron chi connectivity index (χ2n) is 4.90. The van der Waals surface area contributed by atoms with Crippen molar-refractivity contribution in [2.45, 2.75) is 27.2 Å². The molecule has 4 heteroatoms. The van der Waals surface area contributed by atoms with E-state index >= 15 is 0 Å². The van der Waals surface area contributed by atoms with Gasteiger partial charge in [-0.25, -0.2) is 9.97 Å². The summed E-state index contributed by atoms with van der Waals surface area (Å²) in [5.41, 5.74) is 6.82. The zero-order valence-electron chi connectivity index (χ0n) is 10.3. The van der Waals surface area contributed by atoms with Gasteiger partial charge in [-0.05, 0) is 25.2 Å². The minimum atomic E-state index is 0.594. The van der Waals surface area contributed by atoms with Crippen molar-refractivity contribution in [3.8, 4) is 0 Å². The fourth-order valence-corrected chi connectivity index (χ4v) is 2.23. The zero-order valence-corrected chi connectivity index (χ0v) is 10.3. The molecule has 0 saturated carbocycles. The minimum absolute atomic E-state index is 0.594. The van der Waals surface area contributed by atoms with E-state index in [0.29, 0.717) is 11.7 Å². The number of nitrogens with zero attached hydrogens (tertiary/aromatic N) is 3. The topological polar surface area (TPSA) is 55.0 Å². The van der Waals surface area contributed by atoms with Crippen LogP contribution in [-0.4, -0.2) is 23.1 Å². The number of anilines is 2. The van der Waals surface area contributed by atoms with Crippen LogP contribution in [0.4, 0.5) is 11.6 Å². The lowest BCUT2D eigenvalue weighted by molar-refractivity contribution is 0.322. The molecule has 16 heavy (non-hydrogen) atoms. The van der Waals surface area contributed by atoms with Gasteiger partial charge in [-0.1, -0.05) is 13.8 Å². The van der Waals surface area contributed by atoms with Crippen LogP contribution in [0.2, 0.25) is 0 Å². The molecule has 4 nitrogen and oxygen atoms in total. The third-order valence-corrected chi connectivity index (χ3v) is 3.73. The molecule has 0 aromatic carbocycles. The molecule has 1 aliphatic heterocycles. The van der Waals surface area contributed by atoms with Crippen molar-refractivity contribution >= 4 is 11.6 Å². The summed E-state index contributed by atoms with van der Waals surface area (Å²) in [6.07, 6.45) is 2.78. The SMILES string of the molecule is Cc1c(N)ncnc1N1CCC(C)C(C)C1. The van der Waals surface area contributed by atoms with Crippen molar-refractivity contribution in [2.75, 3.05) is 23.7 Å². The maximum Gasteiger partial charge on any atom is 0.137 e. The Morgan fingerprint density at radius 2 is 2.06 bits per heavy atom. The molecule has 0 bridgehead atoms. The van der Waals surface area contributed by atoms with Crippen molar-refractivity contribution in [1.82, 2.24) is 9.97 Å². The Bertz CT molecular complexity index is 377. The summed E-state index contributed by atoms with van der Waals surface area (Å²) < 4.78 is 0. The van der Waals surface area contributed by atoms with Gasteiger partial charge in [0.05, 0.1) is 0 Å². The smallest absolute Gasteiger partial charge is 0.137 e. The van der Waals surface area contributed by atoms with E-state index in [-0.39, 0.29) is 0 Å². The first-order valence-electron chi connectivity index (χ1n) is 5.91. The third kappa shape index (κ3) is 1.96. The molecule has 2 N–H and O–H groups in total. The molecule has 0 spiro atoms. The summed E-state index contributed by atoms with van der Waals surface area (Å²) >= 11 is 0. The van der Waals surface area contributed by atoms with Crippen LogP contribution < -0.4 is 10.6 Å². The third-order valence-electron chi connectivity index (χ3n) is 3.73. The molecule has 88 valence electrons. The van der Waals surface area contributed by atoms with Gasteiger partial charge < -0.3 is 10.6 Å². The van der Waals surface area contributed by atoms with Gasteiger partial charge >= 0.3 is 0 Å². The number of hydrogen-bond donors (Lipinski definition) is 1. The van der Waals surface area contributed by atoms with Crippen LogP contribution in [0.15, 0.2) is 6.33 Å². The average Bonchev–Trinajstić information content (AvgIpc) is 2.26. The monoisotopic (exact) mass is 220 g/mol. The van der Waals surface area contributed by atoms with E-state index in [1.165, 1.54) is 6.42 Å². The number of rotatable bonds is 1. The lowest BCUT2D eigenvalue weighted by Crippen LogP contribution is -2.39. The van der Waals surface area contributed by atoms with E-state index < -0.39 is 0 Å². The number of piperidine rings is 1. The van der Waals surface area contributed by atoms with E-state index in [4.69, 9.17) is 5.73 Å². The molecule has 1 aromatic rings. The molecule has 0 amide bonds. The molecule has 2 unspecified atom stereocenters. The van der Waals surface area contributed by atoms with E-state index in [9.17, 15) is 0 Å². The molecular weight excluding hydrogens is 200 g/mol. The molecule has 1 saturated heterocycles. The van der Waals surface area contributed by atoms with Gasteiger partial charge in [0.25, 0.3) is 0 Å². The summed E-state index contributed by atoms with van der Waals surface area (Å²) in [5, 5.41) is 0. The highest BCUT2D eigenvalue weighted by Gasteiger charge is 2.24. The molecule has 1 aliphatic rings. The highest BCUT2D eigenvalue weighted by Crippen LogP contribution is 2.28. The molecular formula is C12H20N4. The van der Waals surface area contributed by atoms with Crippen LogP contribution in [0.5, 0.6) is 0 Å². The van der Waals surface area contributed by atoms with Crippen molar-refractivity contribution in [3.05, 3.63) is 11.9 Å². The van der Waals surface area contributed by atoms with Gasteiger partial charge in [-0.15, -0.1) is 0 Å². The minimum Gasteiger partial charge on any atom is -0.383 e. The van der Waals surface area contributed by atoms with Crippen LogP contribution in [0, 0.1) is 18.8 Å². The summed E-state index contributed by atoms with van der Waals surface area (Å²) in [4.78, 5) is 10.7. The first-order valence-corrected chi connectivity index (χ1v) is 5.91. The summed E-state index contributed by atoms with van der Waals surface area (Å²) in [5.74, 6) is 3.11. The molecule has 1 fully saturated rings. The Hall–Kier alpha value is -1.32. The second kappa shape index (κ2) is 4.28. The molecule has 1 aromatic heterocycles. The summed E-state index contributed by atoms with van der Waals surface area (Å²) in [7, 11) is 0. The maximum atomic E-state index is 5.81. The van der Waals surface area contributed by atoms with Gasteiger partial charge in [0, 0.05) is 18.7 Å². The zero-order chi connectivity index (χ0) is 11.7. The van der Waals surface area contributed by atoms with Gasteiger partial charge in [-0.2, -0.15) is 0 Å². The Labute approximate surface area is 96.9 Å².